The Balaban J connectivity index is 1.50. The first-order valence-corrected chi connectivity index (χ1v) is 15.6. The van der Waals surface area contributed by atoms with Crippen LogP contribution in [0.15, 0.2) is 0 Å². The van der Waals surface area contributed by atoms with Gasteiger partial charge in [0.25, 0.3) is 0 Å². The first kappa shape index (κ1) is 25.7. The van der Waals surface area contributed by atoms with Crippen molar-refractivity contribution in [1.82, 2.24) is 16.1 Å². The molecule has 0 saturated carbocycles. The van der Waals surface area contributed by atoms with Crippen LogP contribution in [0, 0.1) is 5.41 Å². The number of thioether (sulfide) groups is 1. The maximum Gasteiger partial charge on any atom is 0.315 e. The lowest BCUT2D eigenvalue weighted by molar-refractivity contribution is -0.119. The van der Waals surface area contributed by atoms with Gasteiger partial charge in [0.15, 0.2) is 9.04 Å². The standard InChI is InChI=1S/C22H43N3O3SSi/c1-22(2,3)19(25-28-30(4)5)14-8-6-7-11-16(26)12-9-10-13-18-20-17(15-29-18)23-21(27)24-20/h17-20,25,30H,6-15H2,1-5H3,(H2,23,24,27)/t17-,18-,19?,20-/m0/s1. The van der Waals surface area contributed by atoms with Crippen molar-refractivity contribution in [3.63, 3.8) is 0 Å². The molecule has 2 aliphatic rings. The lowest BCUT2D eigenvalue weighted by Crippen LogP contribution is -2.42. The van der Waals surface area contributed by atoms with E-state index in [9.17, 15) is 9.59 Å². The zero-order chi connectivity index (χ0) is 22.1. The Morgan fingerprint density at radius 3 is 2.53 bits per heavy atom. The lowest BCUT2D eigenvalue weighted by atomic mass is 9.84. The van der Waals surface area contributed by atoms with E-state index in [1.54, 1.807) is 0 Å². The Kier molecular flexibility index (Phi) is 10.7. The first-order valence-electron chi connectivity index (χ1n) is 11.8. The first-order chi connectivity index (χ1) is 14.2. The molecule has 2 aliphatic heterocycles. The molecule has 2 amide bonds. The van der Waals surface area contributed by atoms with Gasteiger partial charge >= 0.3 is 6.03 Å². The van der Waals surface area contributed by atoms with Gasteiger partial charge in [-0.3, -0.25) is 4.79 Å². The van der Waals surface area contributed by atoms with E-state index in [2.05, 4.69) is 50.0 Å². The molecule has 2 saturated heterocycles. The molecule has 174 valence electrons. The van der Waals surface area contributed by atoms with Gasteiger partial charge in [0.1, 0.15) is 5.78 Å². The van der Waals surface area contributed by atoms with Crippen molar-refractivity contribution < 1.29 is 14.1 Å². The number of fused-ring (bicyclic) bond motifs is 1. The third kappa shape index (κ3) is 8.89. The number of rotatable bonds is 14. The second kappa shape index (κ2) is 12.5. The van der Waals surface area contributed by atoms with Crippen LogP contribution in [0.25, 0.3) is 0 Å². The SMILES string of the molecule is C[SiH](C)ONC(CCCCCC(=O)CCCC[C@@H]1SC[C@@H]2NC(=O)N[C@@H]21)C(C)(C)C. The zero-order valence-corrected chi connectivity index (χ0v) is 21.6. The molecule has 2 rings (SSSR count). The molecule has 8 heteroatoms. The Bertz CT molecular complexity index is 556. The Morgan fingerprint density at radius 1 is 1.17 bits per heavy atom. The van der Waals surface area contributed by atoms with Crippen LogP contribution in [0.1, 0.15) is 78.6 Å². The van der Waals surface area contributed by atoms with Crippen LogP contribution in [0.2, 0.25) is 13.1 Å². The topological polar surface area (TPSA) is 79.5 Å². The Labute approximate surface area is 189 Å². The van der Waals surface area contributed by atoms with E-state index in [0.717, 1.165) is 50.7 Å². The van der Waals surface area contributed by atoms with Gasteiger partial charge in [0.05, 0.1) is 12.1 Å². The van der Waals surface area contributed by atoms with E-state index in [-0.39, 0.29) is 17.5 Å². The second-order valence-corrected chi connectivity index (χ2v) is 13.8. The fourth-order valence-corrected chi connectivity index (χ4v) is 6.15. The molecule has 2 fully saturated rings. The summed E-state index contributed by atoms with van der Waals surface area (Å²) in [4.78, 5) is 23.6. The summed E-state index contributed by atoms with van der Waals surface area (Å²) in [6.07, 6.45) is 8.87. The highest BCUT2D eigenvalue weighted by Gasteiger charge is 2.42. The van der Waals surface area contributed by atoms with Crippen molar-refractivity contribution in [2.45, 2.75) is 115 Å². The molecule has 0 aromatic rings. The Hall–Kier alpha value is -0.573. The Morgan fingerprint density at radius 2 is 1.87 bits per heavy atom. The normalized spacial score (nSPS) is 24.6. The summed E-state index contributed by atoms with van der Waals surface area (Å²) in [6, 6.07) is 0.902. The number of amides is 2. The lowest BCUT2D eigenvalue weighted by Gasteiger charge is -2.32. The van der Waals surface area contributed by atoms with Crippen molar-refractivity contribution in [2.75, 3.05) is 5.75 Å². The molecular formula is C22H43N3O3SSi. The molecule has 4 atom stereocenters. The average Bonchev–Trinajstić information content (AvgIpc) is 3.19. The van der Waals surface area contributed by atoms with Crippen molar-refractivity contribution in [3.05, 3.63) is 0 Å². The number of carbonyl (C=O) groups excluding carboxylic acids is 2. The molecule has 2 heterocycles. The number of hydrogen-bond donors (Lipinski definition) is 3. The summed E-state index contributed by atoms with van der Waals surface area (Å²) in [5, 5.41) is 6.51. The van der Waals surface area contributed by atoms with Crippen molar-refractivity contribution in [2.24, 2.45) is 5.41 Å². The van der Waals surface area contributed by atoms with Gasteiger partial charge in [0.2, 0.25) is 0 Å². The summed E-state index contributed by atoms with van der Waals surface area (Å²) >= 11 is 1.95. The van der Waals surface area contributed by atoms with Gasteiger partial charge in [0, 0.05) is 29.9 Å². The molecular weight excluding hydrogens is 414 g/mol. The minimum absolute atomic E-state index is 0.0237. The van der Waals surface area contributed by atoms with Crippen molar-refractivity contribution in [3.8, 4) is 0 Å². The van der Waals surface area contributed by atoms with Gasteiger partial charge in [-0.25, -0.2) is 10.3 Å². The van der Waals surface area contributed by atoms with Crippen LogP contribution in [-0.2, 0) is 9.32 Å². The third-order valence-corrected chi connectivity index (χ3v) is 8.19. The predicted molar refractivity (Wildman–Crippen MR) is 128 cm³/mol. The smallest absolute Gasteiger partial charge is 0.315 e. The number of urea groups is 1. The molecule has 6 nitrogen and oxygen atoms in total. The van der Waals surface area contributed by atoms with E-state index in [4.69, 9.17) is 4.53 Å². The summed E-state index contributed by atoms with van der Waals surface area (Å²) in [5.41, 5.74) is 3.47. The maximum atomic E-state index is 12.2. The van der Waals surface area contributed by atoms with Gasteiger partial charge in [-0.1, -0.05) is 40.0 Å². The van der Waals surface area contributed by atoms with E-state index >= 15 is 0 Å². The minimum Gasteiger partial charge on any atom is -0.349 e. The highest BCUT2D eigenvalue weighted by molar-refractivity contribution is 8.00. The number of Topliss-reactive ketones (excluding diaryl/α,β-unsaturated/α-hetero) is 1. The van der Waals surface area contributed by atoms with Crippen molar-refractivity contribution in [1.29, 1.82) is 0 Å². The highest BCUT2D eigenvalue weighted by atomic mass is 32.2. The van der Waals surface area contributed by atoms with Crippen LogP contribution in [0.5, 0.6) is 0 Å². The largest absolute Gasteiger partial charge is 0.349 e. The predicted octanol–water partition coefficient (Wildman–Crippen LogP) is 4.15. The zero-order valence-electron chi connectivity index (χ0n) is 19.6. The molecule has 3 N–H and O–H groups in total. The monoisotopic (exact) mass is 457 g/mol. The van der Waals surface area contributed by atoms with E-state index < -0.39 is 9.04 Å². The number of hydroxylamine groups is 1. The number of ketones is 1. The fraction of sp³-hybridized carbons (Fsp3) is 0.909. The van der Waals surface area contributed by atoms with E-state index in [0.29, 0.717) is 36.0 Å². The highest BCUT2D eigenvalue weighted by Crippen LogP contribution is 2.33. The van der Waals surface area contributed by atoms with Crippen LogP contribution in [0.4, 0.5) is 4.79 Å². The van der Waals surface area contributed by atoms with Gasteiger partial charge in [-0.15, -0.1) is 0 Å². The van der Waals surface area contributed by atoms with Crippen LogP contribution in [-0.4, -0.2) is 50.0 Å². The van der Waals surface area contributed by atoms with E-state index in [1.165, 1.54) is 0 Å². The molecule has 0 spiro atoms. The molecule has 0 aromatic heterocycles. The number of nitrogens with one attached hydrogen (secondary N) is 3. The summed E-state index contributed by atoms with van der Waals surface area (Å²) in [5.74, 6) is 1.41. The molecule has 0 aliphatic carbocycles. The van der Waals surface area contributed by atoms with Crippen LogP contribution in [0.3, 0.4) is 0 Å². The molecule has 30 heavy (non-hydrogen) atoms. The van der Waals surface area contributed by atoms with Crippen LogP contribution >= 0.6 is 11.8 Å². The summed E-state index contributed by atoms with van der Waals surface area (Å²) in [7, 11) is -1.07. The average molecular weight is 458 g/mol. The minimum atomic E-state index is -1.07. The summed E-state index contributed by atoms with van der Waals surface area (Å²) < 4.78 is 5.76. The summed E-state index contributed by atoms with van der Waals surface area (Å²) in [6.45, 7) is 11.1. The quantitative estimate of drug-likeness (QED) is 0.158. The molecule has 0 radical (unpaired) electrons. The fourth-order valence-electron chi connectivity index (χ4n) is 4.17. The van der Waals surface area contributed by atoms with Crippen molar-refractivity contribution >= 4 is 32.6 Å². The molecule has 0 aromatic carbocycles. The van der Waals surface area contributed by atoms with Gasteiger partial charge in [-0.05, 0) is 44.2 Å². The number of unbranched alkanes of at least 4 members (excludes halogenated alkanes) is 3. The molecule has 1 unspecified atom stereocenters. The number of carbonyl (C=O) groups is 2. The van der Waals surface area contributed by atoms with Gasteiger partial charge < -0.3 is 15.2 Å². The third-order valence-electron chi connectivity index (χ3n) is 6.07. The maximum absolute atomic E-state index is 12.2. The second-order valence-electron chi connectivity index (χ2n) is 10.2. The van der Waals surface area contributed by atoms with E-state index in [1.807, 2.05) is 11.8 Å². The number of hydrogen-bond acceptors (Lipinski definition) is 5. The van der Waals surface area contributed by atoms with Gasteiger partial charge in [-0.2, -0.15) is 11.8 Å². The van der Waals surface area contributed by atoms with Crippen LogP contribution < -0.4 is 16.1 Å². The molecule has 0 bridgehead atoms.